The lowest BCUT2D eigenvalue weighted by Crippen LogP contribution is -2.00. The van der Waals surface area contributed by atoms with E-state index < -0.39 is 0 Å². The average Bonchev–Trinajstić information content (AvgIpc) is 2.90. The molecule has 0 spiro atoms. The average molecular weight is 284 g/mol. The van der Waals surface area contributed by atoms with E-state index in [0.717, 1.165) is 5.56 Å². The first-order chi connectivity index (χ1) is 10.2. The van der Waals surface area contributed by atoms with Crippen LogP contribution in [0.5, 0.6) is 0 Å². The highest BCUT2D eigenvalue weighted by atomic mass is 19.1. The molecule has 0 saturated heterocycles. The maximum atomic E-state index is 13.6. The third kappa shape index (κ3) is 2.36. The van der Waals surface area contributed by atoms with Crippen LogP contribution in [-0.2, 0) is 6.54 Å². The van der Waals surface area contributed by atoms with Crippen LogP contribution in [0, 0.1) is 5.82 Å². The van der Waals surface area contributed by atoms with Crippen LogP contribution in [0.4, 0.5) is 10.3 Å². The normalized spacial score (nSPS) is 10.8. The number of nitrogens with two attached hydrogens (primary N) is 2. The molecule has 5 nitrogen and oxygen atoms in total. The van der Waals surface area contributed by atoms with Crippen LogP contribution in [0.25, 0.3) is 22.4 Å². The van der Waals surface area contributed by atoms with Crippen molar-refractivity contribution in [2.24, 2.45) is 5.73 Å². The summed E-state index contributed by atoms with van der Waals surface area (Å²) in [5, 5.41) is 3.98. The predicted molar refractivity (Wildman–Crippen MR) is 77.4 cm³/mol. The molecule has 2 heterocycles. The molecule has 6 heteroatoms. The fraction of sp³-hybridized carbons (Fsp3) is 0.0667. The van der Waals surface area contributed by atoms with Gasteiger partial charge in [-0.15, -0.1) is 0 Å². The first-order valence-electron chi connectivity index (χ1n) is 6.35. The fourth-order valence-electron chi connectivity index (χ4n) is 2.18. The number of anilines is 1. The zero-order valence-electron chi connectivity index (χ0n) is 11.1. The maximum Gasteiger partial charge on any atom is 0.230 e. The summed E-state index contributed by atoms with van der Waals surface area (Å²) in [6.07, 6.45) is 3.31. The Bertz CT molecular complexity index is 771. The first kappa shape index (κ1) is 13.3. The molecule has 3 rings (SSSR count). The molecule has 21 heavy (non-hydrogen) atoms. The highest BCUT2D eigenvalue weighted by Gasteiger charge is 2.18. The summed E-state index contributed by atoms with van der Waals surface area (Å²) in [7, 11) is 0. The van der Waals surface area contributed by atoms with Gasteiger partial charge in [-0.05, 0) is 35.9 Å². The molecule has 0 atom stereocenters. The number of benzene rings is 1. The standard InChI is InChI=1S/C15H13FN4O/c16-12-2-1-10(7-11(12)8-17)14-13(15(18)21-20-14)9-3-5-19-6-4-9/h1-7H,8,17-18H2. The van der Waals surface area contributed by atoms with E-state index in [9.17, 15) is 4.39 Å². The van der Waals surface area contributed by atoms with Gasteiger partial charge in [-0.2, -0.15) is 0 Å². The quantitative estimate of drug-likeness (QED) is 0.771. The van der Waals surface area contributed by atoms with Crippen LogP contribution in [0.15, 0.2) is 47.2 Å². The van der Waals surface area contributed by atoms with Crippen LogP contribution in [0.2, 0.25) is 0 Å². The van der Waals surface area contributed by atoms with E-state index in [1.54, 1.807) is 36.7 Å². The number of aromatic nitrogens is 2. The molecule has 0 amide bonds. The van der Waals surface area contributed by atoms with Gasteiger partial charge in [0.05, 0.1) is 5.56 Å². The van der Waals surface area contributed by atoms with Crippen molar-refractivity contribution in [3.63, 3.8) is 0 Å². The molecule has 0 aliphatic rings. The van der Waals surface area contributed by atoms with Crippen molar-refractivity contribution in [1.82, 2.24) is 10.1 Å². The van der Waals surface area contributed by atoms with Crippen molar-refractivity contribution < 1.29 is 8.91 Å². The lowest BCUT2D eigenvalue weighted by Gasteiger charge is -2.05. The first-order valence-corrected chi connectivity index (χ1v) is 6.35. The lowest BCUT2D eigenvalue weighted by atomic mass is 10.0. The second-order valence-corrected chi connectivity index (χ2v) is 4.52. The van der Waals surface area contributed by atoms with Gasteiger partial charge in [-0.1, -0.05) is 5.16 Å². The molecule has 0 fully saturated rings. The minimum absolute atomic E-state index is 0.109. The fourth-order valence-corrected chi connectivity index (χ4v) is 2.18. The van der Waals surface area contributed by atoms with Crippen LogP contribution in [0.3, 0.4) is 0 Å². The molecule has 4 N–H and O–H groups in total. The van der Waals surface area contributed by atoms with Gasteiger partial charge in [-0.25, -0.2) is 4.39 Å². The Morgan fingerprint density at radius 1 is 1.10 bits per heavy atom. The van der Waals surface area contributed by atoms with Crippen molar-refractivity contribution in [1.29, 1.82) is 0 Å². The van der Waals surface area contributed by atoms with Gasteiger partial charge in [0.1, 0.15) is 11.5 Å². The molecular weight excluding hydrogens is 271 g/mol. The minimum atomic E-state index is -0.344. The number of pyridine rings is 1. The Labute approximate surface area is 120 Å². The van der Waals surface area contributed by atoms with Gasteiger partial charge < -0.3 is 16.0 Å². The van der Waals surface area contributed by atoms with Crippen molar-refractivity contribution in [3.8, 4) is 22.4 Å². The third-order valence-electron chi connectivity index (χ3n) is 3.23. The Morgan fingerprint density at radius 3 is 2.57 bits per heavy atom. The van der Waals surface area contributed by atoms with Gasteiger partial charge in [-0.3, -0.25) is 4.98 Å². The maximum absolute atomic E-state index is 13.6. The van der Waals surface area contributed by atoms with Gasteiger partial charge in [0.15, 0.2) is 0 Å². The SMILES string of the molecule is NCc1cc(-c2noc(N)c2-c2ccncc2)ccc1F. The summed E-state index contributed by atoms with van der Waals surface area (Å²) in [6, 6.07) is 8.24. The molecule has 106 valence electrons. The van der Waals surface area contributed by atoms with E-state index in [-0.39, 0.29) is 18.2 Å². The number of nitrogen functional groups attached to an aromatic ring is 1. The van der Waals surface area contributed by atoms with E-state index in [1.807, 2.05) is 0 Å². The second-order valence-electron chi connectivity index (χ2n) is 4.52. The molecule has 0 aliphatic heterocycles. The zero-order chi connectivity index (χ0) is 14.8. The summed E-state index contributed by atoms with van der Waals surface area (Å²) in [4.78, 5) is 3.97. The molecule has 0 radical (unpaired) electrons. The molecule has 1 aromatic carbocycles. The van der Waals surface area contributed by atoms with Crippen molar-refractivity contribution >= 4 is 5.88 Å². The third-order valence-corrected chi connectivity index (χ3v) is 3.23. The van der Waals surface area contributed by atoms with Crippen LogP contribution in [0.1, 0.15) is 5.56 Å². The van der Waals surface area contributed by atoms with Crippen molar-refractivity contribution in [2.75, 3.05) is 5.73 Å². The predicted octanol–water partition coefficient (Wildman–Crippen LogP) is 2.58. The van der Waals surface area contributed by atoms with Gasteiger partial charge in [0.25, 0.3) is 0 Å². The van der Waals surface area contributed by atoms with E-state index >= 15 is 0 Å². The summed E-state index contributed by atoms with van der Waals surface area (Å²) in [5.74, 6) is -0.141. The molecule has 0 saturated carbocycles. The Morgan fingerprint density at radius 2 is 1.86 bits per heavy atom. The number of hydrogen-bond donors (Lipinski definition) is 2. The highest BCUT2D eigenvalue weighted by molar-refractivity contribution is 5.86. The number of rotatable bonds is 3. The lowest BCUT2D eigenvalue weighted by molar-refractivity contribution is 0.439. The number of halogens is 1. The molecular formula is C15H13FN4O. The second kappa shape index (κ2) is 5.34. The van der Waals surface area contributed by atoms with Gasteiger partial charge >= 0.3 is 0 Å². The minimum Gasteiger partial charge on any atom is -0.367 e. The Balaban J connectivity index is 2.17. The Kier molecular flexibility index (Phi) is 3.37. The van der Waals surface area contributed by atoms with Crippen LogP contribution < -0.4 is 11.5 Å². The van der Waals surface area contributed by atoms with E-state index in [4.69, 9.17) is 16.0 Å². The van der Waals surface area contributed by atoms with Crippen molar-refractivity contribution in [2.45, 2.75) is 6.54 Å². The van der Waals surface area contributed by atoms with Gasteiger partial charge in [0, 0.05) is 30.1 Å². The summed E-state index contributed by atoms with van der Waals surface area (Å²) in [5.41, 5.74) is 14.5. The zero-order valence-corrected chi connectivity index (χ0v) is 11.1. The molecule has 2 aromatic heterocycles. The summed E-state index contributed by atoms with van der Waals surface area (Å²) >= 11 is 0. The summed E-state index contributed by atoms with van der Waals surface area (Å²) < 4.78 is 18.6. The van der Waals surface area contributed by atoms with Crippen molar-refractivity contribution in [3.05, 3.63) is 54.1 Å². The monoisotopic (exact) mass is 284 g/mol. The molecule has 0 bridgehead atoms. The van der Waals surface area contributed by atoms with Crippen LogP contribution in [-0.4, -0.2) is 10.1 Å². The molecule has 3 aromatic rings. The van der Waals surface area contributed by atoms with E-state index in [0.29, 0.717) is 22.4 Å². The van der Waals surface area contributed by atoms with E-state index in [2.05, 4.69) is 10.1 Å². The largest absolute Gasteiger partial charge is 0.367 e. The van der Waals surface area contributed by atoms with Crippen LogP contribution >= 0.6 is 0 Å². The molecule has 0 unspecified atom stereocenters. The van der Waals surface area contributed by atoms with E-state index in [1.165, 1.54) is 6.07 Å². The topological polar surface area (TPSA) is 91.0 Å². The smallest absolute Gasteiger partial charge is 0.230 e. The molecule has 0 aliphatic carbocycles. The highest BCUT2D eigenvalue weighted by Crippen LogP contribution is 2.36. The summed E-state index contributed by atoms with van der Waals surface area (Å²) in [6.45, 7) is 0.109. The number of nitrogens with zero attached hydrogens (tertiary/aromatic N) is 2. The Hall–Kier alpha value is -2.73. The number of hydrogen-bond acceptors (Lipinski definition) is 5. The van der Waals surface area contributed by atoms with Gasteiger partial charge in [0.2, 0.25) is 5.88 Å².